The minimum Gasteiger partial charge on any atom is -0.478 e. The summed E-state index contributed by atoms with van der Waals surface area (Å²) in [6, 6.07) is 6.25. The van der Waals surface area contributed by atoms with Crippen LogP contribution in [0.3, 0.4) is 0 Å². The summed E-state index contributed by atoms with van der Waals surface area (Å²) in [7, 11) is 1.70. The Hall–Kier alpha value is -2.08. The highest BCUT2D eigenvalue weighted by Crippen LogP contribution is 2.37. The van der Waals surface area contributed by atoms with Crippen molar-refractivity contribution in [3.05, 3.63) is 35.4 Å². The van der Waals surface area contributed by atoms with Gasteiger partial charge in [-0.2, -0.15) is 0 Å². The third-order valence-electron chi connectivity index (χ3n) is 4.39. The molecule has 0 unspecified atom stereocenters. The normalized spacial score (nSPS) is 16.0. The molecule has 0 spiro atoms. The molecule has 126 valence electrons. The highest BCUT2D eigenvalue weighted by molar-refractivity contribution is 5.87. The zero-order chi connectivity index (χ0) is 16.7. The monoisotopic (exact) mass is 320 g/mol. The lowest BCUT2D eigenvalue weighted by Crippen LogP contribution is -2.43. The van der Waals surface area contributed by atoms with Crippen LogP contribution in [-0.4, -0.2) is 37.4 Å². The first-order valence-electron chi connectivity index (χ1n) is 7.88. The van der Waals surface area contributed by atoms with Gasteiger partial charge in [0.1, 0.15) is 0 Å². The van der Waals surface area contributed by atoms with Crippen LogP contribution >= 0.6 is 0 Å². The van der Waals surface area contributed by atoms with E-state index in [0.29, 0.717) is 19.7 Å². The minimum absolute atomic E-state index is 0.0647. The second kappa shape index (κ2) is 7.97. The van der Waals surface area contributed by atoms with E-state index in [-0.39, 0.29) is 17.0 Å². The fraction of sp³-hybridized carbons (Fsp3) is 0.529. The Morgan fingerprint density at radius 3 is 2.39 bits per heavy atom. The number of carboxylic acid groups (broad SMARTS) is 1. The molecule has 2 rings (SSSR count). The van der Waals surface area contributed by atoms with Crippen LogP contribution in [-0.2, 0) is 11.3 Å². The van der Waals surface area contributed by atoms with Gasteiger partial charge in [0.05, 0.1) is 12.2 Å². The van der Waals surface area contributed by atoms with Crippen molar-refractivity contribution >= 4 is 12.0 Å². The summed E-state index contributed by atoms with van der Waals surface area (Å²) in [4.78, 5) is 22.7. The number of rotatable bonds is 7. The molecule has 1 aromatic carbocycles. The molecule has 0 atom stereocenters. The van der Waals surface area contributed by atoms with Gasteiger partial charge in [-0.25, -0.2) is 9.59 Å². The molecule has 1 aliphatic rings. The average molecular weight is 320 g/mol. The first kappa shape index (κ1) is 17.3. The van der Waals surface area contributed by atoms with E-state index < -0.39 is 5.97 Å². The Kier molecular flexibility index (Phi) is 5.98. The van der Waals surface area contributed by atoms with E-state index in [2.05, 4.69) is 10.6 Å². The van der Waals surface area contributed by atoms with Crippen molar-refractivity contribution in [2.45, 2.75) is 32.2 Å². The van der Waals surface area contributed by atoms with Crippen molar-refractivity contribution < 1.29 is 19.4 Å². The predicted octanol–water partition coefficient (Wildman–Crippen LogP) is 2.39. The van der Waals surface area contributed by atoms with Crippen LogP contribution in [0.25, 0.3) is 0 Å². The molecule has 23 heavy (non-hydrogen) atoms. The topological polar surface area (TPSA) is 87.7 Å². The average Bonchev–Trinajstić information content (AvgIpc) is 3.00. The highest BCUT2D eigenvalue weighted by atomic mass is 16.5. The molecule has 6 heteroatoms. The third-order valence-corrected chi connectivity index (χ3v) is 4.39. The van der Waals surface area contributed by atoms with Gasteiger partial charge in [-0.15, -0.1) is 0 Å². The quantitative estimate of drug-likeness (QED) is 0.720. The summed E-state index contributed by atoms with van der Waals surface area (Å²) in [6.45, 7) is 1.65. The summed E-state index contributed by atoms with van der Waals surface area (Å²) in [5.41, 5.74) is 1.16. The summed E-state index contributed by atoms with van der Waals surface area (Å²) >= 11 is 0. The molecule has 2 amide bonds. The van der Waals surface area contributed by atoms with E-state index in [9.17, 15) is 9.59 Å². The van der Waals surface area contributed by atoms with Gasteiger partial charge in [-0.05, 0) is 30.5 Å². The van der Waals surface area contributed by atoms with Crippen LogP contribution in [0.1, 0.15) is 41.6 Å². The Labute approximate surface area is 136 Å². The van der Waals surface area contributed by atoms with E-state index in [4.69, 9.17) is 9.84 Å². The number of ether oxygens (including phenoxy) is 1. The molecule has 1 saturated carbocycles. The summed E-state index contributed by atoms with van der Waals surface area (Å²) in [5.74, 6) is -0.956. The maximum Gasteiger partial charge on any atom is 0.335 e. The standard InChI is InChI=1S/C17H24N2O4/c1-23-12-17(8-2-3-9-17)11-19-16(22)18-10-13-4-6-14(7-5-13)15(20)21/h4-7H,2-3,8-12H2,1H3,(H,20,21)(H2,18,19,22). The molecule has 3 N–H and O–H groups in total. The number of carboxylic acids is 1. The highest BCUT2D eigenvalue weighted by Gasteiger charge is 2.34. The van der Waals surface area contributed by atoms with Gasteiger partial charge in [-0.3, -0.25) is 0 Å². The van der Waals surface area contributed by atoms with E-state index >= 15 is 0 Å². The SMILES string of the molecule is COCC1(CNC(=O)NCc2ccc(C(=O)O)cc2)CCCC1. The fourth-order valence-corrected chi connectivity index (χ4v) is 3.08. The van der Waals surface area contributed by atoms with Crippen LogP contribution in [0.15, 0.2) is 24.3 Å². The number of benzene rings is 1. The third kappa shape index (κ3) is 4.96. The Bertz CT molecular complexity index is 536. The van der Waals surface area contributed by atoms with Crippen molar-refractivity contribution in [3.63, 3.8) is 0 Å². The maximum atomic E-state index is 11.9. The number of amides is 2. The Morgan fingerprint density at radius 2 is 1.83 bits per heavy atom. The zero-order valence-corrected chi connectivity index (χ0v) is 13.4. The maximum absolute atomic E-state index is 11.9. The number of carbonyl (C=O) groups is 2. The molecule has 0 bridgehead atoms. The second-order valence-corrected chi connectivity index (χ2v) is 6.18. The van der Waals surface area contributed by atoms with Gasteiger partial charge >= 0.3 is 12.0 Å². The number of hydrogen-bond donors (Lipinski definition) is 3. The summed E-state index contributed by atoms with van der Waals surface area (Å²) in [5, 5.41) is 14.6. The molecular weight excluding hydrogens is 296 g/mol. The smallest absolute Gasteiger partial charge is 0.335 e. The lowest BCUT2D eigenvalue weighted by Gasteiger charge is -2.28. The zero-order valence-electron chi connectivity index (χ0n) is 13.4. The number of nitrogens with one attached hydrogen (secondary N) is 2. The number of aromatic carboxylic acids is 1. The molecule has 0 radical (unpaired) electrons. The summed E-state index contributed by atoms with van der Waals surface area (Å²) < 4.78 is 5.30. The Balaban J connectivity index is 1.77. The molecule has 0 aliphatic heterocycles. The van der Waals surface area contributed by atoms with Crippen LogP contribution < -0.4 is 10.6 Å². The molecule has 1 fully saturated rings. The van der Waals surface area contributed by atoms with Crippen LogP contribution in [0, 0.1) is 5.41 Å². The largest absolute Gasteiger partial charge is 0.478 e. The molecule has 1 aromatic rings. The first-order valence-corrected chi connectivity index (χ1v) is 7.88. The fourth-order valence-electron chi connectivity index (χ4n) is 3.08. The lowest BCUT2D eigenvalue weighted by molar-refractivity contribution is 0.0697. The van der Waals surface area contributed by atoms with Gasteiger partial charge in [0, 0.05) is 25.6 Å². The molecule has 0 aromatic heterocycles. The van der Waals surface area contributed by atoms with Crippen molar-refractivity contribution in [1.29, 1.82) is 0 Å². The molecule has 0 saturated heterocycles. The van der Waals surface area contributed by atoms with Crippen LogP contribution in [0.5, 0.6) is 0 Å². The van der Waals surface area contributed by atoms with Gasteiger partial charge in [0.15, 0.2) is 0 Å². The van der Waals surface area contributed by atoms with E-state index in [0.717, 1.165) is 18.4 Å². The number of carbonyl (C=O) groups excluding carboxylic acids is 1. The number of methoxy groups -OCH3 is 1. The van der Waals surface area contributed by atoms with Crippen LogP contribution in [0.2, 0.25) is 0 Å². The lowest BCUT2D eigenvalue weighted by atomic mass is 9.87. The minimum atomic E-state index is -0.956. The number of urea groups is 1. The van der Waals surface area contributed by atoms with Crippen molar-refractivity contribution in [3.8, 4) is 0 Å². The van der Waals surface area contributed by atoms with E-state index in [1.54, 1.807) is 19.2 Å². The molecule has 1 aliphatic carbocycles. The first-order chi connectivity index (χ1) is 11.0. The molecule has 6 nitrogen and oxygen atoms in total. The van der Waals surface area contributed by atoms with Gasteiger partial charge in [-0.1, -0.05) is 25.0 Å². The Morgan fingerprint density at radius 1 is 1.17 bits per heavy atom. The van der Waals surface area contributed by atoms with Crippen LogP contribution in [0.4, 0.5) is 4.79 Å². The van der Waals surface area contributed by atoms with Crippen molar-refractivity contribution in [1.82, 2.24) is 10.6 Å². The second-order valence-electron chi connectivity index (χ2n) is 6.18. The van der Waals surface area contributed by atoms with Crippen molar-refractivity contribution in [2.75, 3.05) is 20.3 Å². The molecular formula is C17H24N2O4. The molecule has 0 heterocycles. The van der Waals surface area contributed by atoms with Gasteiger partial charge < -0.3 is 20.5 Å². The predicted molar refractivity (Wildman–Crippen MR) is 86.4 cm³/mol. The van der Waals surface area contributed by atoms with Gasteiger partial charge in [0.2, 0.25) is 0 Å². The van der Waals surface area contributed by atoms with Gasteiger partial charge in [0.25, 0.3) is 0 Å². The summed E-state index contributed by atoms with van der Waals surface area (Å²) in [6.07, 6.45) is 4.53. The van der Waals surface area contributed by atoms with E-state index in [1.165, 1.54) is 25.0 Å². The number of hydrogen-bond acceptors (Lipinski definition) is 3. The van der Waals surface area contributed by atoms with Crippen molar-refractivity contribution in [2.24, 2.45) is 5.41 Å². The van der Waals surface area contributed by atoms with E-state index in [1.807, 2.05) is 0 Å².